The fourth-order valence-corrected chi connectivity index (χ4v) is 3.43. The lowest BCUT2D eigenvalue weighted by molar-refractivity contribution is -0.384. The number of hydrogen-bond donors (Lipinski definition) is 1. The number of rotatable bonds is 7. The summed E-state index contributed by atoms with van der Waals surface area (Å²) in [6, 6.07) is 5.40. The van der Waals surface area contributed by atoms with Gasteiger partial charge in [-0.2, -0.15) is 0 Å². The Morgan fingerprint density at radius 1 is 1.36 bits per heavy atom. The fraction of sp³-hybridized carbons (Fsp3) is 0.308. The third kappa shape index (κ3) is 4.50. The van der Waals surface area contributed by atoms with Crippen molar-refractivity contribution in [1.82, 2.24) is 10.2 Å². The van der Waals surface area contributed by atoms with Gasteiger partial charge in [0.15, 0.2) is 4.34 Å². The van der Waals surface area contributed by atoms with Gasteiger partial charge in [0.05, 0.1) is 4.92 Å². The van der Waals surface area contributed by atoms with E-state index in [9.17, 15) is 14.9 Å². The molecule has 7 nitrogen and oxygen atoms in total. The minimum atomic E-state index is -0.508. The van der Waals surface area contributed by atoms with Crippen LogP contribution in [0.2, 0.25) is 0 Å². The topological polar surface area (TPSA) is 98.0 Å². The van der Waals surface area contributed by atoms with Gasteiger partial charge in [-0.3, -0.25) is 20.2 Å². The number of anilines is 1. The molecule has 0 radical (unpaired) electrons. The van der Waals surface area contributed by atoms with E-state index in [-0.39, 0.29) is 11.6 Å². The van der Waals surface area contributed by atoms with Crippen LogP contribution in [0.4, 0.5) is 10.8 Å². The summed E-state index contributed by atoms with van der Waals surface area (Å²) in [5.74, 6) is 0.609. The first-order valence-electron chi connectivity index (χ1n) is 6.62. The van der Waals surface area contributed by atoms with Crippen molar-refractivity contribution in [1.29, 1.82) is 0 Å². The summed E-state index contributed by atoms with van der Waals surface area (Å²) in [4.78, 5) is 22.1. The predicted molar refractivity (Wildman–Crippen MR) is 86.6 cm³/mol. The van der Waals surface area contributed by atoms with Crippen molar-refractivity contribution >= 4 is 39.8 Å². The molecule has 22 heavy (non-hydrogen) atoms. The van der Waals surface area contributed by atoms with Crippen LogP contribution in [-0.4, -0.2) is 26.8 Å². The zero-order valence-corrected chi connectivity index (χ0v) is 13.4. The highest BCUT2D eigenvalue weighted by Crippen LogP contribution is 2.26. The fourth-order valence-electron chi connectivity index (χ4n) is 1.53. The van der Waals surface area contributed by atoms with E-state index in [1.54, 1.807) is 11.8 Å². The molecule has 0 aliphatic rings. The number of amides is 1. The Hall–Kier alpha value is -2.00. The van der Waals surface area contributed by atoms with Crippen LogP contribution in [0.5, 0.6) is 0 Å². The molecule has 1 N–H and O–H groups in total. The van der Waals surface area contributed by atoms with Gasteiger partial charge in [-0.15, -0.1) is 10.2 Å². The number of carbonyl (C=O) groups is 1. The molecule has 0 atom stereocenters. The maximum Gasteiger partial charge on any atom is 0.269 e. The van der Waals surface area contributed by atoms with Crippen LogP contribution in [0.15, 0.2) is 28.6 Å². The predicted octanol–water partition coefficient (Wildman–Crippen LogP) is 3.59. The second-order valence-electron chi connectivity index (χ2n) is 4.33. The van der Waals surface area contributed by atoms with E-state index in [2.05, 4.69) is 22.4 Å². The summed E-state index contributed by atoms with van der Waals surface area (Å²) in [5.41, 5.74) is 0.281. The van der Waals surface area contributed by atoms with Gasteiger partial charge >= 0.3 is 0 Å². The molecule has 0 saturated carbocycles. The monoisotopic (exact) mass is 338 g/mol. The zero-order chi connectivity index (χ0) is 15.9. The Kier molecular flexibility index (Phi) is 5.84. The van der Waals surface area contributed by atoms with Crippen LogP contribution in [0.1, 0.15) is 30.1 Å². The minimum Gasteiger partial charge on any atom is -0.296 e. The lowest BCUT2D eigenvalue weighted by Gasteiger charge is -2.00. The van der Waals surface area contributed by atoms with Gasteiger partial charge < -0.3 is 0 Å². The highest BCUT2D eigenvalue weighted by molar-refractivity contribution is 8.01. The van der Waals surface area contributed by atoms with Gasteiger partial charge in [0.2, 0.25) is 5.13 Å². The molecule has 1 heterocycles. The van der Waals surface area contributed by atoms with E-state index >= 15 is 0 Å². The standard InChI is InChI=1S/C13H14N4O3S2/c1-2-3-8-21-13-16-15-12(22-13)14-11(18)9-4-6-10(7-5-9)17(19)20/h4-7H,2-3,8H2,1H3,(H,14,15,18). The molecule has 2 aromatic rings. The van der Waals surface area contributed by atoms with Crippen LogP contribution in [0, 0.1) is 10.1 Å². The maximum absolute atomic E-state index is 12.0. The highest BCUT2D eigenvalue weighted by Gasteiger charge is 2.12. The number of aromatic nitrogens is 2. The Bertz CT molecular complexity index is 658. The summed E-state index contributed by atoms with van der Waals surface area (Å²) in [6.45, 7) is 2.12. The number of nitrogens with zero attached hydrogens (tertiary/aromatic N) is 3. The van der Waals surface area contributed by atoms with Gasteiger partial charge in [0, 0.05) is 23.4 Å². The molecule has 0 unspecified atom stereocenters. The van der Waals surface area contributed by atoms with Crippen LogP contribution in [0.3, 0.4) is 0 Å². The van der Waals surface area contributed by atoms with E-state index in [0.29, 0.717) is 10.7 Å². The normalized spacial score (nSPS) is 10.4. The molecule has 0 aliphatic heterocycles. The van der Waals surface area contributed by atoms with Crippen LogP contribution >= 0.6 is 23.1 Å². The first kappa shape index (κ1) is 16.4. The molecular weight excluding hydrogens is 324 g/mol. The largest absolute Gasteiger partial charge is 0.296 e. The van der Waals surface area contributed by atoms with Crippen LogP contribution in [0.25, 0.3) is 0 Å². The van der Waals surface area contributed by atoms with Crippen LogP contribution < -0.4 is 5.32 Å². The maximum atomic E-state index is 12.0. The van der Waals surface area contributed by atoms with E-state index in [0.717, 1.165) is 22.9 Å². The zero-order valence-electron chi connectivity index (χ0n) is 11.8. The number of nitro benzene ring substituents is 1. The lowest BCUT2D eigenvalue weighted by Crippen LogP contribution is -2.11. The van der Waals surface area contributed by atoms with E-state index < -0.39 is 4.92 Å². The molecule has 1 aromatic carbocycles. The number of unbranched alkanes of at least 4 members (excludes halogenated alkanes) is 1. The van der Waals surface area contributed by atoms with Crippen molar-refractivity contribution in [2.45, 2.75) is 24.1 Å². The molecule has 116 valence electrons. The van der Waals surface area contributed by atoms with Crippen molar-refractivity contribution in [2.24, 2.45) is 0 Å². The Labute approximate surface area is 135 Å². The van der Waals surface area contributed by atoms with Crippen molar-refractivity contribution in [3.8, 4) is 0 Å². The quantitative estimate of drug-likeness (QED) is 0.272. The first-order chi connectivity index (χ1) is 10.6. The summed E-state index contributed by atoms with van der Waals surface area (Å²) >= 11 is 2.93. The molecule has 0 saturated heterocycles. The first-order valence-corrected chi connectivity index (χ1v) is 8.42. The number of benzene rings is 1. The number of carbonyl (C=O) groups excluding carboxylic acids is 1. The van der Waals surface area contributed by atoms with Gasteiger partial charge in [-0.1, -0.05) is 36.4 Å². The van der Waals surface area contributed by atoms with Crippen molar-refractivity contribution in [2.75, 3.05) is 11.1 Å². The SMILES string of the molecule is CCCCSc1nnc(NC(=O)c2ccc([N+](=O)[O-])cc2)s1. The Balaban J connectivity index is 1.95. The number of nitro groups is 1. The van der Waals surface area contributed by atoms with Crippen molar-refractivity contribution in [3.05, 3.63) is 39.9 Å². The average Bonchev–Trinajstić information content (AvgIpc) is 2.95. The van der Waals surface area contributed by atoms with Gasteiger partial charge in [-0.25, -0.2) is 0 Å². The molecule has 0 aliphatic carbocycles. The van der Waals surface area contributed by atoms with Crippen LogP contribution in [-0.2, 0) is 0 Å². The van der Waals surface area contributed by atoms with Gasteiger partial charge in [0.25, 0.3) is 11.6 Å². The Morgan fingerprint density at radius 3 is 2.73 bits per heavy atom. The molecule has 9 heteroatoms. The van der Waals surface area contributed by atoms with Crippen molar-refractivity contribution < 1.29 is 9.72 Å². The number of non-ortho nitro benzene ring substituents is 1. The lowest BCUT2D eigenvalue weighted by atomic mass is 10.2. The van der Waals surface area contributed by atoms with Gasteiger partial charge in [-0.05, 0) is 18.6 Å². The van der Waals surface area contributed by atoms with E-state index in [4.69, 9.17) is 0 Å². The molecule has 0 fully saturated rings. The van der Waals surface area contributed by atoms with E-state index in [1.165, 1.54) is 35.6 Å². The third-order valence-corrected chi connectivity index (χ3v) is 4.75. The molecule has 1 aromatic heterocycles. The summed E-state index contributed by atoms with van der Waals surface area (Å²) in [5, 5.41) is 21.5. The molecule has 1 amide bonds. The molecule has 0 spiro atoms. The number of hydrogen-bond acceptors (Lipinski definition) is 7. The van der Waals surface area contributed by atoms with Gasteiger partial charge in [0.1, 0.15) is 0 Å². The second kappa shape index (κ2) is 7.85. The molecular formula is C13H14N4O3S2. The Morgan fingerprint density at radius 2 is 2.09 bits per heavy atom. The molecule has 2 rings (SSSR count). The smallest absolute Gasteiger partial charge is 0.269 e. The number of thioether (sulfide) groups is 1. The highest BCUT2D eigenvalue weighted by atomic mass is 32.2. The summed E-state index contributed by atoms with van der Waals surface area (Å²) < 4.78 is 0.812. The number of nitrogens with one attached hydrogen (secondary N) is 1. The van der Waals surface area contributed by atoms with E-state index in [1.807, 2.05) is 0 Å². The molecule has 0 bridgehead atoms. The summed E-state index contributed by atoms with van der Waals surface area (Å²) in [6.07, 6.45) is 2.23. The average molecular weight is 338 g/mol. The minimum absolute atomic E-state index is 0.0536. The second-order valence-corrected chi connectivity index (χ2v) is 6.65. The van der Waals surface area contributed by atoms with Crippen molar-refractivity contribution in [3.63, 3.8) is 0 Å². The third-order valence-electron chi connectivity index (χ3n) is 2.69. The summed E-state index contributed by atoms with van der Waals surface area (Å²) in [7, 11) is 0.